The van der Waals surface area contributed by atoms with Crippen LogP contribution in [0.3, 0.4) is 0 Å². The van der Waals surface area contributed by atoms with Crippen molar-refractivity contribution in [3.63, 3.8) is 0 Å². The highest BCUT2D eigenvalue weighted by Crippen LogP contribution is 2.27. The zero-order chi connectivity index (χ0) is 12.8. The summed E-state index contributed by atoms with van der Waals surface area (Å²) < 4.78 is 0. The molecule has 0 bridgehead atoms. The van der Waals surface area contributed by atoms with Crippen molar-refractivity contribution in [3.05, 3.63) is 0 Å². The van der Waals surface area contributed by atoms with Gasteiger partial charge < -0.3 is 14.9 Å². The maximum Gasteiger partial charge on any atom is 0.323 e. The number of hydrogen-bond donors (Lipinski definition) is 1. The molecular formula is C12H22N2O3. The summed E-state index contributed by atoms with van der Waals surface area (Å²) in [5.74, 6) is -0.934. The summed E-state index contributed by atoms with van der Waals surface area (Å²) in [6, 6.07) is 0.0279. The van der Waals surface area contributed by atoms with Crippen LogP contribution in [-0.4, -0.2) is 52.6 Å². The number of carbonyl (C=O) groups excluding carboxylic acids is 1. The molecule has 0 aromatic heterocycles. The molecule has 1 rings (SSSR count). The molecule has 0 atom stereocenters. The fourth-order valence-electron chi connectivity index (χ4n) is 1.80. The van der Waals surface area contributed by atoms with Gasteiger partial charge in [-0.15, -0.1) is 0 Å². The molecule has 0 spiro atoms. The fourth-order valence-corrected chi connectivity index (χ4v) is 1.80. The Kier molecular flexibility index (Phi) is 5.25. The summed E-state index contributed by atoms with van der Waals surface area (Å²) in [6.07, 6.45) is 3.87. The Hall–Kier alpha value is -1.26. The topological polar surface area (TPSA) is 60.9 Å². The van der Waals surface area contributed by atoms with E-state index in [4.69, 9.17) is 5.11 Å². The molecule has 1 fully saturated rings. The molecule has 0 aromatic rings. The summed E-state index contributed by atoms with van der Waals surface area (Å²) in [7, 11) is 0. The van der Waals surface area contributed by atoms with Gasteiger partial charge in [-0.3, -0.25) is 4.79 Å². The molecule has 1 saturated carbocycles. The van der Waals surface area contributed by atoms with Gasteiger partial charge in [0.1, 0.15) is 6.54 Å². The highest BCUT2D eigenvalue weighted by Gasteiger charge is 2.35. The van der Waals surface area contributed by atoms with Gasteiger partial charge >= 0.3 is 12.0 Å². The van der Waals surface area contributed by atoms with Crippen molar-refractivity contribution in [1.29, 1.82) is 0 Å². The van der Waals surface area contributed by atoms with Crippen LogP contribution in [0.25, 0.3) is 0 Å². The summed E-state index contributed by atoms with van der Waals surface area (Å²) >= 11 is 0. The smallest absolute Gasteiger partial charge is 0.323 e. The van der Waals surface area contributed by atoms with Gasteiger partial charge in [0, 0.05) is 19.1 Å². The number of rotatable bonds is 7. The van der Waals surface area contributed by atoms with Gasteiger partial charge in [-0.2, -0.15) is 0 Å². The maximum absolute atomic E-state index is 12.2. The van der Waals surface area contributed by atoms with Gasteiger partial charge in [-0.25, -0.2) is 4.79 Å². The zero-order valence-corrected chi connectivity index (χ0v) is 10.7. The summed E-state index contributed by atoms with van der Waals surface area (Å²) in [5.41, 5.74) is 0. The normalized spacial score (nSPS) is 14.5. The molecule has 0 saturated heterocycles. The predicted molar refractivity (Wildman–Crippen MR) is 64.9 cm³/mol. The van der Waals surface area contributed by atoms with Crippen LogP contribution in [0, 0.1) is 0 Å². The van der Waals surface area contributed by atoms with E-state index in [2.05, 4.69) is 6.92 Å². The molecule has 1 N–H and O–H groups in total. The quantitative estimate of drug-likeness (QED) is 0.740. The first-order valence-corrected chi connectivity index (χ1v) is 6.37. The molecule has 1 aliphatic carbocycles. The summed E-state index contributed by atoms with van der Waals surface area (Å²) in [4.78, 5) is 26.2. The lowest BCUT2D eigenvalue weighted by atomic mass is 10.3. The van der Waals surface area contributed by atoms with Crippen molar-refractivity contribution in [3.8, 4) is 0 Å². The van der Waals surface area contributed by atoms with Crippen molar-refractivity contribution < 1.29 is 14.7 Å². The minimum absolute atomic E-state index is 0.120. The van der Waals surface area contributed by atoms with E-state index < -0.39 is 5.97 Å². The summed E-state index contributed by atoms with van der Waals surface area (Å²) in [5, 5.41) is 8.83. The van der Waals surface area contributed by atoms with E-state index in [0.717, 1.165) is 25.7 Å². The van der Waals surface area contributed by atoms with E-state index in [1.165, 1.54) is 4.90 Å². The number of carboxylic acid groups (broad SMARTS) is 1. The second-order valence-electron chi connectivity index (χ2n) is 4.47. The number of carbonyl (C=O) groups is 2. The van der Waals surface area contributed by atoms with Crippen molar-refractivity contribution in [2.75, 3.05) is 19.6 Å². The number of urea groups is 1. The van der Waals surface area contributed by atoms with Gasteiger partial charge in [0.2, 0.25) is 0 Å². The first-order chi connectivity index (χ1) is 8.10. The Morgan fingerprint density at radius 2 is 1.94 bits per heavy atom. The second kappa shape index (κ2) is 6.47. The molecule has 5 heteroatoms. The molecule has 0 heterocycles. The zero-order valence-electron chi connectivity index (χ0n) is 10.7. The number of aliphatic carboxylic acids is 1. The van der Waals surface area contributed by atoms with Crippen molar-refractivity contribution in [2.45, 2.75) is 45.6 Å². The average molecular weight is 242 g/mol. The van der Waals surface area contributed by atoms with E-state index in [-0.39, 0.29) is 18.6 Å². The standard InChI is InChI=1S/C12H22N2O3/c1-3-5-8-13(4-2)12(17)14(9-11(15)16)10-6-7-10/h10H,3-9H2,1-2H3,(H,15,16). The van der Waals surface area contributed by atoms with Crippen LogP contribution in [0.5, 0.6) is 0 Å². The third kappa shape index (κ3) is 4.24. The minimum Gasteiger partial charge on any atom is -0.480 e. The lowest BCUT2D eigenvalue weighted by Gasteiger charge is -2.29. The monoisotopic (exact) mass is 242 g/mol. The molecule has 0 aliphatic heterocycles. The van der Waals surface area contributed by atoms with E-state index in [9.17, 15) is 9.59 Å². The van der Waals surface area contributed by atoms with Crippen molar-refractivity contribution in [2.24, 2.45) is 0 Å². The number of carboxylic acids is 1. The van der Waals surface area contributed by atoms with E-state index in [0.29, 0.717) is 13.1 Å². The molecule has 5 nitrogen and oxygen atoms in total. The van der Waals surface area contributed by atoms with Crippen LogP contribution >= 0.6 is 0 Å². The predicted octanol–water partition coefficient (Wildman–Crippen LogP) is 1.78. The Balaban J connectivity index is 2.57. The van der Waals surface area contributed by atoms with Crippen LogP contribution < -0.4 is 0 Å². The van der Waals surface area contributed by atoms with Crippen LogP contribution in [-0.2, 0) is 4.79 Å². The molecule has 1 aliphatic rings. The van der Waals surface area contributed by atoms with Gasteiger partial charge in [0.05, 0.1) is 0 Å². The number of nitrogens with zero attached hydrogens (tertiary/aromatic N) is 2. The first-order valence-electron chi connectivity index (χ1n) is 6.37. The molecule has 17 heavy (non-hydrogen) atoms. The lowest BCUT2D eigenvalue weighted by molar-refractivity contribution is -0.137. The number of unbranched alkanes of at least 4 members (excludes halogenated alkanes) is 1. The van der Waals surface area contributed by atoms with Crippen LogP contribution in [0.2, 0.25) is 0 Å². The Bertz CT molecular complexity index is 277. The largest absolute Gasteiger partial charge is 0.480 e. The van der Waals surface area contributed by atoms with Crippen molar-refractivity contribution in [1.82, 2.24) is 9.80 Å². The minimum atomic E-state index is -0.934. The lowest BCUT2D eigenvalue weighted by Crippen LogP contribution is -2.46. The number of amides is 2. The summed E-state index contributed by atoms with van der Waals surface area (Å²) in [6.45, 7) is 5.19. The van der Waals surface area contributed by atoms with E-state index in [1.807, 2.05) is 6.92 Å². The van der Waals surface area contributed by atoms with Crippen LogP contribution in [0.15, 0.2) is 0 Å². The van der Waals surface area contributed by atoms with E-state index in [1.54, 1.807) is 4.90 Å². The van der Waals surface area contributed by atoms with E-state index >= 15 is 0 Å². The Morgan fingerprint density at radius 1 is 1.29 bits per heavy atom. The van der Waals surface area contributed by atoms with Crippen molar-refractivity contribution >= 4 is 12.0 Å². The second-order valence-corrected chi connectivity index (χ2v) is 4.47. The Morgan fingerprint density at radius 3 is 2.35 bits per heavy atom. The maximum atomic E-state index is 12.2. The third-order valence-corrected chi connectivity index (χ3v) is 2.97. The van der Waals surface area contributed by atoms with Gasteiger partial charge in [-0.05, 0) is 26.2 Å². The number of hydrogen-bond acceptors (Lipinski definition) is 2. The highest BCUT2D eigenvalue weighted by molar-refractivity contribution is 5.80. The average Bonchev–Trinajstić information content (AvgIpc) is 3.10. The van der Waals surface area contributed by atoms with Crippen LogP contribution in [0.1, 0.15) is 39.5 Å². The highest BCUT2D eigenvalue weighted by atomic mass is 16.4. The molecule has 0 aromatic carbocycles. The first kappa shape index (κ1) is 13.8. The van der Waals surface area contributed by atoms with Crippen LogP contribution in [0.4, 0.5) is 4.79 Å². The fraction of sp³-hybridized carbons (Fsp3) is 0.833. The SMILES string of the molecule is CCCCN(CC)C(=O)N(CC(=O)O)C1CC1. The third-order valence-electron chi connectivity index (χ3n) is 2.97. The molecule has 0 unspecified atom stereocenters. The van der Waals surface area contributed by atoms with Gasteiger partial charge in [0.25, 0.3) is 0 Å². The van der Waals surface area contributed by atoms with Gasteiger partial charge in [-0.1, -0.05) is 13.3 Å². The van der Waals surface area contributed by atoms with Gasteiger partial charge in [0.15, 0.2) is 0 Å². The molecule has 0 radical (unpaired) electrons. The molecule has 98 valence electrons. The molecule has 2 amide bonds. The molecular weight excluding hydrogens is 220 g/mol. The Labute approximate surface area is 102 Å².